The van der Waals surface area contributed by atoms with Gasteiger partial charge in [0.1, 0.15) is 6.42 Å². The number of alkyl halides is 19. The molecule has 0 aromatic carbocycles. The van der Waals surface area contributed by atoms with Gasteiger partial charge in [0, 0.05) is 0 Å². The van der Waals surface area contributed by atoms with E-state index in [4.69, 9.17) is 5.11 Å². The van der Waals surface area contributed by atoms with Crippen LogP contribution in [0.2, 0.25) is 0 Å². The molecule has 0 radical (unpaired) electrons. The van der Waals surface area contributed by atoms with Crippen LogP contribution in [0.5, 0.6) is 0 Å². The summed E-state index contributed by atoms with van der Waals surface area (Å²) in [5.41, 5.74) is 0. The second-order valence-electron chi connectivity index (χ2n) is 5.79. The van der Waals surface area contributed by atoms with E-state index in [0.717, 1.165) is 0 Å². The van der Waals surface area contributed by atoms with Crippen LogP contribution in [-0.4, -0.2) is 64.6 Å². The minimum absolute atomic E-state index is 3.21. The molecule has 192 valence electrons. The maximum absolute atomic E-state index is 13.3. The van der Waals surface area contributed by atoms with Gasteiger partial charge in [-0.3, -0.25) is 4.79 Å². The number of halogens is 19. The van der Waals surface area contributed by atoms with Crippen molar-refractivity contribution in [1.29, 1.82) is 0 Å². The van der Waals surface area contributed by atoms with E-state index in [1.165, 1.54) is 0 Å². The van der Waals surface area contributed by atoms with E-state index >= 15 is 0 Å². The number of carbonyl (C=O) groups is 1. The fourth-order valence-electron chi connectivity index (χ4n) is 1.69. The predicted octanol–water partition coefficient (Wildman–Crippen LogP) is 6.11. The summed E-state index contributed by atoms with van der Waals surface area (Å²) in [6, 6.07) is 0. The van der Waals surface area contributed by atoms with Crippen molar-refractivity contribution in [2.24, 2.45) is 0 Å². The van der Waals surface area contributed by atoms with Crippen molar-refractivity contribution in [2.45, 2.75) is 60.0 Å². The highest BCUT2D eigenvalue weighted by molar-refractivity contribution is 5.68. The number of hydrogen-bond acceptors (Lipinski definition) is 1. The van der Waals surface area contributed by atoms with Crippen LogP contribution in [0.15, 0.2) is 0 Å². The van der Waals surface area contributed by atoms with Gasteiger partial charge in [0.25, 0.3) is 0 Å². The van der Waals surface area contributed by atoms with E-state index in [-0.39, 0.29) is 0 Å². The minimum Gasteiger partial charge on any atom is -0.481 e. The Hall–Kier alpha value is -1.86. The molecular formula is C11H3F19O2. The highest BCUT2D eigenvalue weighted by Gasteiger charge is 2.96. The molecular weight excluding hydrogens is 525 g/mol. The van der Waals surface area contributed by atoms with Crippen LogP contribution in [0.3, 0.4) is 0 Å². The maximum atomic E-state index is 13.3. The van der Waals surface area contributed by atoms with Crippen LogP contribution in [0.25, 0.3) is 0 Å². The van der Waals surface area contributed by atoms with E-state index in [0.29, 0.717) is 0 Å². The van der Waals surface area contributed by atoms with E-state index in [1.54, 1.807) is 0 Å². The molecule has 0 aliphatic heterocycles. The molecule has 0 aromatic heterocycles. The first kappa shape index (κ1) is 30.1. The van der Waals surface area contributed by atoms with E-state index in [2.05, 4.69) is 0 Å². The Kier molecular flexibility index (Phi) is 6.90. The molecule has 32 heavy (non-hydrogen) atoms. The highest BCUT2D eigenvalue weighted by atomic mass is 19.4. The number of aliphatic carboxylic acids is 1. The van der Waals surface area contributed by atoms with Crippen LogP contribution >= 0.6 is 0 Å². The van der Waals surface area contributed by atoms with Crippen molar-refractivity contribution in [3.05, 3.63) is 0 Å². The zero-order chi connectivity index (χ0) is 26.8. The molecule has 21 heteroatoms. The summed E-state index contributed by atoms with van der Waals surface area (Å²) in [6.45, 7) is 0. The van der Waals surface area contributed by atoms with Crippen LogP contribution in [-0.2, 0) is 4.79 Å². The van der Waals surface area contributed by atoms with E-state index < -0.39 is 65.9 Å². The fraction of sp³-hybridized carbons (Fsp3) is 0.909. The third kappa shape index (κ3) is 3.67. The molecule has 0 saturated carbocycles. The van der Waals surface area contributed by atoms with Crippen molar-refractivity contribution in [3.63, 3.8) is 0 Å². The maximum Gasteiger partial charge on any atom is 0.460 e. The first-order valence-electron chi connectivity index (χ1n) is 6.73. The first-order chi connectivity index (χ1) is 13.4. The second-order valence-corrected chi connectivity index (χ2v) is 5.79. The Bertz CT molecular complexity index is 717. The fourth-order valence-corrected chi connectivity index (χ4v) is 1.69. The van der Waals surface area contributed by atoms with Gasteiger partial charge in [-0.25, -0.2) is 0 Å². The van der Waals surface area contributed by atoms with Crippen LogP contribution in [0.4, 0.5) is 83.4 Å². The summed E-state index contributed by atoms with van der Waals surface area (Å²) < 4.78 is 244. The molecule has 0 fully saturated rings. The van der Waals surface area contributed by atoms with Crippen molar-refractivity contribution in [3.8, 4) is 0 Å². The normalized spacial score (nSPS) is 16.3. The Morgan fingerprint density at radius 1 is 0.438 bits per heavy atom. The van der Waals surface area contributed by atoms with Gasteiger partial charge < -0.3 is 5.11 Å². The predicted molar refractivity (Wildman–Crippen MR) is 57.9 cm³/mol. The molecule has 0 aromatic rings. The summed E-state index contributed by atoms with van der Waals surface area (Å²) in [7, 11) is 0. The molecule has 1 N–H and O–H groups in total. The van der Waals surface area contributed by atoms with Crippen molar-refractivity contribution < 1.29 is 93.3 Å². The monoisotopic (exact) mass is 528 g/mol. The standard InChI is InChI=1S/C11H3F19O2/c12-3(13,1-2(31)32)4(14,15)5(16,17)6(18,19)7(20,21)8(22,23)9(24,25)10(26,27)11(28,29)30/h1H2,(H,31,32). The smallest absolute Gasteiger partial charge is 0.460 e. The zero-order valence-electron chi connectivity index (χ0n) is 13.7. The van der Waals surface area contributed by atoms with Crippen molar-refractivity contribution in [1.82, 2.24) is 0 Å². The Morgan fingerprint density at radius 3 is 0.875 bits per heavy atom. The van der Waals surface area contributed by atoms with E-state index in [9.17, 15) is 88.2 Å². The lowest BCUT2D eigenvalue weighted by Crippen LogP contribution is -2.75. The molecule has 0 aliphatic carbocycles. The van der Waals surface area contributed by atoms with Gasteiger partial charge in [-0.15, -0.1) is 0 Å². The van der Waals surface area contributed by atoms with Gasteiger partial charge in [0.15, 0.2) is 0 Å². The van der Waals surface area contributed by atoms with Crippen LogP contribution in [0.1, 0.15) is 6.42 Å². The van der Waals surface area contributed by atoms with Crippen LogP contribution in [0, 0.1) is 0 Å². The highest BCUT2D eigenvalue weighted by Crippen LogP contribution is 2.65. The molecule has 0 rings (SSSR count). The Labute approximate surface area is 160 Å². The zero-order valence-corrected chi connectivity index (χ0v) is 13.7. The quantitative estimate of drug-likeness (QED) is 0.367. The van der Waals surface area contributed by atoms with E-state index in [1.807, 2.05) is 0 Å². The Balaban J connectivity index is 6.88. The molecule has 0 saturated heterocycles. The van der Waals surface area contributed by atoms with Crippen LogP contribution < -0.4 is 0 Å². The molecule has 2 nitrogen and oxygen atoms in total. The van der Waals surface area contributed by atoms with Gasteiger partial charge in [0.05, 0.1) is 0 Å². The number of hydrogen-bond donors (Lipinski definition) is 1. The molecule has 0 heterocycles. The summed E-state index contributed by atoms with van der Waals surface area (Å²) in [6.07, 6.45) is -11.5. The third-order valence-corrected chi connectivity index (χ3v) is 3.55. The molecule has 0 amide bonds. The largest absolute Gasteiger partial charge is 0.481 e. The Morgan fingerprint density at radius 2 is 0.656 bits per heavy atom. The van der Waals surface area contributed by atoms with Gasteiger partial charge in [-0.2, -0.15) is 83.4 Å². The summed E-state index contributed by atoms with van der Waals surface area (Å²) in [5, 5.41) is 7.84. The van der Waals surface area contributed by atoms with Gasteiger partial charge in [-0.05, 0) is 0 Å². The summed E-state index contributed by atoms with van der Waals surface area (Å²) >= 11 is 0. The average molecular weight is 528 g/mol. The lowest BCUT2D eigenvalue weighted by atomic mass is 9.87. The topological polar surface area (TPSA) is 37.3 Å². The number of carboxylic acids is 1. The lowest BCUT2D eigenvalue weighted by molar-refractivity contribution is -0.468. The minimum atomic E-state index is -9.01. The van der Waals surface area contributed by atoms with Gasteiger partial charge in [0.2, 0.25) is 0 Å². The van der Waals surface area contributed by atoms with Gasteiger partial charge in [-0.1, -0.05) is 0 Å². The van der Waals surface area contributed by atoms with Crippen molar-refractivity contribution in [2.75, 3.05) is 0 Å². The number of carboxylic acid groups (broad SMARTS) is 1. The second kappa shape index (κ2) is 7.32. The summed E-state index contributed by atoms with van der Waals surface area (Å²) in [5.74, 6) is -71.0. The van der Waals surface area contributed by atoms with Gasteiger partial charge >= 0.3 is 59.5 Å². The SMILES string of the molecule is O=C(O)CC(F)(F)C(F)(F)C(F)(F)C(F)(F)C(F)(F)C(F)(F)C(F)(F)C(F)(F)C(F)(F)F. The van der Waals surface area contributed by atoms with Crippen molar-refractivity contribution >= 4 is 5.97 Å². The number of rotatable bonds is 9. The molecule has 0 aliphatic rings. The average Bonchev–Trinajstić information content (AvgIpc) is 2.51. The molecule has 0 atom stereocenters. The third-order valence-electron chi connectivity index (χ3n) is 3.55. The molecule has 0 bridgehead atoms. The first-order valence-corrected chi connectivity index (χ1v) is 6.73. The molecule has 0 spiro atoms. The summed E-state index contributed by atoms with van der Waals surface area (Å²) in [4.78, 5) is 9.93. The lowest BCUT2D eigenvalue weighted by Gasteiger charge is -2.43. The molecule has 0 unspecified atom stereocenters.